The monoisotopic (exact) mass is 421 g/mol. The van der Waals surface area contributed by atoms with E-state index >= 15 is 0 Å². The molecule has 1 aliphatic heterocycles. The summed E-state index contributed by atoms with van der Waals surface area (Å²) < 4.78 is 22.8. The van der Waals surface area contributed by atoms with Crippen molar-refractivity contribution in [2.24, 2.45) is 5.14 Å². The maximum atomic E-state index is 13.2. The lowest BCUT2D eigenvalue weighted by molar-refractivity contribution is -0.117. The molecular formula is C22H19N3O4S. The van der Waals surface area contributed by atoms with Crippen LogP contribution in [0.1, 0.15) is 15.9 Å². The van der Waals surface area contributed by atoms with E-state index in [-0.39, 0.29) is 16.7 Å². The third kappa shape index (κ3) is 3.83. The van der Waals surface area contributed by atoms with Crippen LogP contribution >= 0.6 is 0 Å². The largest absolute Gasteiger partial charge is 0.324 e. The van der Waals surface area contributed by atoms with Crippen molar-refractivity contribution in [1.29, 1.82) is 0 Å². The Morgan fingerprint density at radius 2 is 1.53 bits per heavy atom. The lowest BCUT2D eigenvalue weighted by atomic mass is 10.1. The van der Waals surface area contributed by atoms with Gasteiger partial charge in [0.1, 0.15) is 6.04 Å². The van der Waals surface area contributed by atoms with Gasteiger partial charge in [0.15, 0.2) is 0 Å². The van der Waals surface area contributed by atoms with Crippen LogP contribution in [-0.4, -0.2) is 26.3 Å². The molecule has 1 heterocycles. The number of rotatable bonds is 4. The van der Waals surface area contributed by atoms with Gasteiger partial charge < -0.3 is 5.32 Å². The van der Waals surface area contributed by atoms with Gasteiger partial charge in [0.05, 0.1) is 4.90 Å². The predicted octanol–water partition coefficient (Wildman–Crippen LogP) is 2.54. The third-order valence-electron chi connectivity index (χ3n) is 4.97. The molecule has 1 atom stereocenters. The van der Waals surface area contributed by atoms with Crippen LogP contribution in [-0.2, 0) is 21.2 Å². The Hall–Kier alpha value is -3.49. The zero-order chi connectivity index (χ0) is 21.3. The van der Waals surface area contributed by atoms with Gasteiger partial charge in [0.25, 0.3) is 5.91 Å². The minimum absolute atomic E-state index is 0.0466. The van der Waals surface area contributed by atoms with Crippen LogP contribution in [0.3, 0.4) is 0 Å². The molecule has 8 heteroatoms. The predicted molar refractivity (Wildman–Crippen MR) is 114 cm³/mol. The number of para-hydroxylation sites is 1. The highest BCUT2D eigenvalue weighted by atomic mass is 32.2. The number of hydrogen-bond donors (Lipinski definition) is 2. The molecule has 0 spiro atoms. The summed E-state index contributed by atoms with van der Waals surface area (Å²) in [6.45, 7) is 0. The summed E-state index contributed by atoms with van der Waals surface area (Å²) in [5.74, 6) is -0.621. The zero-order valence-electron chi connectivity index (χ0n) is 15.9. The average Bonchev–Trinajstić information content (AvgIpc) is 3.13. The summed E-state index contributed by atoms with van der Waals surface area (Å²) in [4.78, 5) is 27.7. The fraction of sp³-hybridized carbons (Fsp3) is 0.0909. The Labute approximate surface area is 174 Å². The molecule has 0 fully saturated rings. The van der Waals surface area contributed by atoms with Gasteiger partial charge in [-0.25, -0.2) is 13.6 Å². The van der Waals surface area contributed by atoms with E-state index in [0.29, 0.717) is 23.4 Å². The molecule has 7 nitrogen and oxygen atoms in total. The topological polar surface area (TPSA) is 110 Å². The van der Waals surface area contributed by atoms with Gasteiger partial charge in [0, 0.05) is 23.4 Å². The third-order valence-corrected chi connectivity index (χ3v) is 5.90. The van der Waals surface area contributed by atoms with E-state index in [1.807, 2.05) is 30.3 Å². The minimum Gasteiger partial charge on any atom is -0.324 e. The van der Waals surface area contributed by atoms with Crippen molar-refractivity contribution in [2.45, 2.75) is 17.4 Å². The number of carbonyl (C=O) groups is 2. The van der Waals surface area contributed by atoms with Gasteiger partial charge in [0.2, 0.25) is 15.9 Å². The van der Waals surface area contributed by atoms with E-state index in [4.69, 9.17) is 5.14 Å². The SMILES string of the molecule is NS(=O)(=O)c1ccc(NC(=O)[C@@H]2Cc3ccccc3N2C(=O)c2ccccc2)cc1. The fourth-order valence-corrected chi connectivity index (χ4v) is 4.04. The van der Waals surface area contributed by atoms with Crippen molar-refractivity contribution in [1.82, 2.24) is 0 Å². The van der Waals surface area contributed by atoms with Crippen molar-refractivity contribution < 1.29 is 18.0 Å². The molecule has 0 unspecified atom stereocenters. The number of nitrogens with one attached hydrogen (secondary N) is 1. The van der Waals surface area contributed by atoms with Crippen LogP contribution in [0.5, 0.6) is 0 Å². The van der Waals surface area contributed by atoms with Gasteiger partial charge in [-0.2, -0.15) is 0 Å². The first-order valence-electron chi connectivity index (χ1n) is 9.25. The molecule has 0 aliphatic carbocycles. The molecule has 152 valence electrons. The van der Waals surface area contributed by atoms with Gasteiger partial charge in [-0.3, -0.25) is 14.5 Å². The fourth-order valence-electron chi connectivity index (χ4n) is 3.52. The van der Waals surface area contributed by atoms with E-state index < -0.39 is 16.1 Å². The van der Waals surface area contributed by atoms with Crippen molar-refractivity contribution >= 4 is 33.2 Å². The molecule has 3 N–H and O–H groups in total. The number of anilines is 2. The summed E-state index contributed by atoms with van der Waals surface area (Å²) in [5, 5.41) is 7.87. The molecule has 0 bridgehead atoms. The Balaban J connectivity index is 1.62. The molecule has 0 saturated carbocycles. The first-order valence-corrected chi connectivity index (χ1v) is 10.8. The van der Waals surface area contributed by atoms with Gasteiger partial charge in [-0.1, -0.05) is 36.4 Å². The molecule has 3 aromatic carbocycles. The molecule has 4 rings (SSSR count). The second kappa shape index (κ2) is 7.74. The summed E-state index contributed by atoms with van der Waals surface area (Å²) in [6, 6.07) is 21.1. The van der Waals surface area contributed by atoms with Crippen LogP contribution < -0.4 is 15.4 Å². The highest BCUT2D eigenvalue weighted by molar-refractivity contribution is 7.89. The number of sulfonamides is 1. The van der Waals surface area contributed by atoms with E-state index in [9.17, 15) is 18.0 Å². The molecule has 1 aliphatic rings. The average molecular weight is 421 g/mol. The highest BCUT2D eigenvalue weighted by Crippen LogP contribution is 2.34. The Bertz CT molecular complexity index is 1210. The lowest BCUT2D eigenvalue weighted by Crippen LogP contribution is -2.45. The smallest absolute Gasteiger partial charge is 0.259 e. The number of benzene rings is 3. The van der Waals surface area contributed by atoms with E-state index in [2.05, 4.69) is 5.32 Å². The van der Waals surface area contributed by atoms with Crippen LogP contribution in [0.2, 0.25) is 0 Å². The molecule has 0 radical (unpaired) electrons. The Morgan fingerprint density at radius 3 is 2.20 bits per heavy atom. The number of carbonyl (C=O) groups excluding carboxylic acids is 2. The molecule has 3 aromatic rings. The number of nitrogens with zero attached hydrogens (tertiary/aromatic N) is 1. The number of fused-ring (bicyclic) bond motifs is 1. The van der Waals surface area contributed by atoms with Gasteiger partial charge in [-0.15, -0.1) is 0 Å². The highest BCUT2D eigenvalue weighted by Gasteiger charge is 2.38. The Kier molecular flexibility index (Phi) is 5.11. The first-order chi connectivity index (χ1) is 14.3. The lowest BCUT2D eigenvalue weighted by Gasteiger charge is -2.25. The van der Waals surface area contributed by atoms with E-state index in [1.54, 1.807) is 24.3 Å². The second-order valence-corrected chi connectivity index (χ2v) is 8.51. The number of amides is 2. The maximum Gasteiger partial charge on any atom is 0.259 e. The maximum absolute atomic E-state index is 13.2. The Morgan fingerprint density at radius 1 is 0.900 bits per heavy atom. The van der Waals surface area contributed by atoms with E-state index in [1.165, 1.54) is 29.2 Å². The summed E-state index contributed by atoms with van der Waals surface area (Å²) >= 11 is 0. The van der Waals surface area contributed by atoms with Gasteiger partial charge in [-0.05, 0) is 48.0 Å². The van der Waals surface area contributed by atoms with Crippen molar-refractivity contribution in [3.8, 4) is 0 Å². The molecule has 30 heavy (non-hydrogen) atoms. The molecule has 2 amide bonds. The quantitative estimate of drug-likeness (QED) is 0.675. The summed E-state index contributed by atoms with van der Waals surface area (Å²) in [5.41, 5.74) is 2.52. The second-order valence-electron chi connectivity index (χ2n) is 6.95. The molecular weight excluding hydrogens is 402 g/mol. The van der Waals surface area contributed by atoms with Crippen molar-refractivity contribution in [3.05, 3.63) is 90.0 Å². The van der Waals surface area contributed by atoms with Crippen molar-refractivity contribution in [2.75, 3.05) is 10.2 Å². The van der Waals surface area contributed by atoms with Crippen LogP contribution in [0.15, 0.2) is 83.8 Å². The number of nitrogens with two attached hydrogens (primary N) is 1. The van der Waals surface area contributed by atoms with Crippen molar-refractivity contribution in [3.63, 3.8) is 0 Å². The van der Waals surface area contributed by atoms with Crippen LogP contribution in [0.25, 0.3) is 0 Å². The minimum atomic E-state index is -3.82. The number of primary sulfonamides is 1. The number of hydrogen-bond acceptors (Lipinski definition) is 4. The van der Waals surface area contributed by atoms with Crippen LogP contribution in [0.4, 0.5) is 11.4 Å². The van der Waals surface area contributed by atoms with Crippen LogP contribution in [0, 0.1) is 0 Å². The van der Waals surface area contributed by atoms with E-state index in [0.717, 1.165) is 5.56 Å². The summed E-state index contributed by atoms with van der Waals surface area (Å²) in [6.07, 6.45) is 0.385. The zero-order valence-corrected chi connectivity index (χ0v) is 16.7. The summed E-state index contributed by atoms with van der Waals surface area (Å²) in [7, 11) is -3.82. The molecule has 0 aromatic heterocycles. The standard InChI is InChI=1S/C22H19N3O4S/c23-30(28,29)18-12-10-17(11-13-18)24-21(26)20-14-16-8-4-5-9-19(16)25(20)22(27)15-6-2-1-3-7-15/h1-13,20H,14H2,(H,24,26)(H2,23,28,29)/t20-/m0/s1. The van der Waals surface area contributed by atoms with Gasteiger partial charge >= 0.3 is 0 Å². The molecule has 0 saturated heterocycles. The first kappa shape index (κ1) is 19.8. The normalized spacial score (nSPS) is 15.5.